The highest BCUT2D eigenvalue weighted by molar-refractivity contribution is 5.59. The molecular formula is C11H14N2O3. The minimum absolute atomic E-state index is 0.0487. The molecule has 0 unspecified atom stereocenters. The zero-order valence-corrected chi connectivity index (χ0v) is 8.89. The van der Waals surface area contributed by atoms with Gasteiger partial charge in [0.25, 0.3) is 5.69 Å². The number of nitrogens with two attached hydrogens (primary N) is 1. The van der Waals surface area contributed by atoms with Gasteiger partial charge in [0.1, 0.15) is 5.69 Å². The number of hydrogen-bond acceptors (Lipinski definition) is 4. The molecule has 0 aromatic heterocycles. The fourth-order valence-corrected chi connectivity index (χ4v) is 1.61. The Morgan fingerprint density at radius 2 is 2.25 bits per heavy atom. The minimum Gasteiger partial charge on any atom is -0.393 e. The maximum atomic E-state index is 10.5. The van der Waals surface area contributed by atoms with Gasteiger partial charge in [0, 0.05) is 6.07 Å². The van der Waals surface area contributed by atoms with Crippen LogP contribution in [-0.4, -0.2) is 11.0 Å². The number of ether oxygens (including phenoxy) is 1. The van der Waals surface area contributed by atoms with E-state index in [2.05, 4.69) is 0 Å². The van der Waals surface area contributed by atoms with Crippen molar-refractivity contribution in [2.24, 2.45) is 0 Å². The van der Waals surface area contributed by atoms with Crippen molar-refractivity contribution in [3.05, 3.63) is 33.9 Å². The Labute approximate surface area is 93.4 Å². The fourth-order valence-electron chi connectivity index (χ4n) is 1.61. The summed E-state index contributed by atoms with van der Waals surface area (Å²) in [6.45, 7) is 0.479. The average molecular weight is 222 g/mol. The molecule has 1 aromatic rings. The van der Waals surface area contributed by atoms with E-state index in [1.807, 2.05) is 0 Å². The van der Waals surface area contributed by atoms with Gasteiger partial charge in [-0.25, -0.2) is 0 Å². The van der Waals surface area contributed by atoms with Crippen molar-refractivity contribution in [1.29, 1.82) is 0 Å². The zero-order valence-electron chi connectivity index (χ0n) is 8.89. The fraction of sp³-hybridized carbons (Fsp3) is 0.455. The summed E-state index contributed by atoms with van der Waals surface area (Å²) in [5, 5.41) is 10.5. The van der Waals surface area contributed by atoms with Gasteiger partial charge in [-0.15, -0.1) is 0 Å². The molecule has 2 rings (SSSR count). The molecule has 1 aliphatic rings. The topological polar surface area (TPSA) is 78.4 Å². The highest BCUT2D eigenvalue weighted by Crippen LogP contribution is 2.25. The molecule has 0 atom stereocenters. The second kappa shape index (κ2) is 4.49. The van der Waals surface area contributed by atoms with Crippen molar-refractivity contribution < 1.29 is 9.66 Å². The molecule has 0 heterocycles. The average Bonchev–Trinajstić information content (AvgIpc) is 2.14. The molecule has 0 radical (unpaired) electrons. The third-order valence-corrected chi connectivity index (χ3v) is 2.83. The summed E-state index contributed by atoms with van der Waals surface area (Å²) >= 11 is 0. The molecule has 1 fully saturated rings. The first kappa shape index (κ1) is 10.9. The highest BCUT2D eigenvalue weighted by atomic mass is 16.6. The highest BCUT2D eigenvalue weighted by Gasteiger charge is 2.18. The van der Waals surface area contributed by atoms with E-state index in [1.54, 1.807) is 12.1 Å². The Balaban J connectivity index is 1.99. The summed E-state index contributed by atoms with van der Waals surface area (Å²) in [6, 6.07) is 4.72. The van der Waals surface area contributed by atoms with Gasteiger partial charge in [-0.1, -0.05) is 0 Å². The lowest BCUT2D eigenvalue weighted by molar-refractivity contribution is -0.383. The molecule has 0 aliphatic heterocycles. The quantitative estimate of drug-likeness (QED) is 0.481. The second-order valence-electron chi connectivity index (χ2n) is 4.01. The van der Waals surface area contributed by atoms with E-state index in [-0.39, 0.29) is 11.4 Å². The van der Waals surface area contributed by atoms with E-state index in [0.29, 0.717) is 12.7 Å². The number of anilines is 1. The van der Waals surface area contributed by atoms with Crippen molar-refractivity contribution in [3.8, 4) is 0 Å². The molecule has 1 aromatic carbocycles. The first-order chi connectivity index (χ1) is 7.66. The summed E-state index contributed by atoms with van der Waals surface area (Å²) in [6.07, 6.45) is 3.81. The van der Waals surface area contributed by atoms with Gasteiger partial charge in [0.15, 0.2) is 0 Å². The molecule has 2 N–H and O–H groups in total. The Bertz CT molecular complexity index is 402. The van der Waals surface area contributed by atoms with Crippen LogP contribution in [0.5, 0.6) is 0 Å². The van der Waals surface area contributed by atoms with Crippen LogP contribution in [0.4, 0.5) is 11.4 Å². The summed E-state index contributed by atoms with van der Waals surface area (Å²) in [7, 11) is 0. The molecule has 0 amide bonds. The normalized spacial score (nSPS) is 15.8. The van der Waals surface area contributed by atoms with Gasteiger partial charge < -0.3 is 10.5 Å². The van der Waals surface area contributed by atoms with Crippen molar-refractivity contribution in [2.45, 2.75) is 32.0 Å². The third kappa shape index (κ3) is 2.30. The van der Waals surface area contributed by atoms with Crippen LogP contribution in [0.1, 0.15) is 24.8 Å². The predicted molar refractivity (Wildman–Crippen MR) is 59.9 cm³/mol. The molecule has 0 spiro atoms. The van der Waals surface area contributed by atoms with E-state index in [1.165, 1.54) is 12.5 Å². The van der Waals surface area contributed by atoms with Crippen LogP contribution < -0.4 is 5.73 Å². The molecular weight excluding hydrogens is 208 g/mol. The molecule has 0 saturated heterocycles. The van der Waals surface area contributed by atoms with E-state index >= 15 is 0 Å². The second-order valence-corrected chi connectivity index (χ2v) is 4.01. The molecule has 1 saturated carbocycles. The van der Waals surface area contributed by atoms with Crippen molar-refractivity contribution in [1.82, 2.24) is 0 Å². The van der Waals surface area contributed by atoms with Crippen LogP contribution in [-0.2, 0) is 11.3 Å². The van der Waals surface area contributed by atoms with E-state index in [9.17, 15) is 10.1 Å². The Morgan fingerprint density at radius 3 is 2.75 bits per heavy atom. The van der Waals surface area contributed by atoms with Crippen LogP contribution in [0.15, 0.2) is 18.2 Å². The molecule has 5 nitrogen and oxygen atoms in total. The number of nitro groups is 1. The third-order valence-electron chi connectivity index (χ3n) is 2.83. The summed E-state index contributed by atoms with van der Waals surface area (Å²) in [5.41, 5.74) is 6.61. The maximum Gasteiger partial charge on any atom is 0.292 e. The smallest absolute Gasteiger partial charge is 0.292 e. The lowest BCUT2D eigenvalue weighted by atomic mass is 9.96. The predicted octanol–water partition coefficient (Wildman–Crippen LogP) is 2.25. The molecule has 0 bridgehead atoms. The number of hydrogen-bond donors (Lipinski definition) is 1. The summed E-state index contributed by atoms with van der Waals surface area (Å²) in [4.78, 5) is 10.1. The van der Waals surface area contributed by atoms with Crippen molar-refractivity contribution in [3.63, 3.8) is 0 Å². The van der Waals surface area contributed by atoms with Crippen LogP contribution >= 0.6 is 0 Å². The number of benzene rings is 1. The standard InChI is InChI=1S/C11H14N2O3/c12-10-6-8(4-5-11(10)13(14)15)7-16-9-2-1-3-9/h4-6,9H,1-3,7,12H2. The summed E-state index contributed by atoms with van der Waals surface area (Å²) < 4.78 is 5.59. The van der Waals surface area contributed by atoms with Gasteiger partial charge in [-0.05, 0) is 37.0 Å². The first-order valence-corrected chi connectivity index (χ1v) is 5.31. The van der Waals surface area contributed by atoms with Crippen molar-refractivity contribution in [2.75, 3.05) is 5.73 Å². The number of nitro benzene ring substituents is 1. The van der Waals surface area contributed by atoms with Crippen molar-refractivity contribution >= 4 is 11.4 Å². The Morgan fingerprint density at radius 1 is 1.50 bits per heavy atom. The van der Waals surface area contributed by atoms with Crippen LogP contribution in [0.3, 0.4) is 0 Å². The first-order valence-electron chi connectivity index (χ1n) is 5.31. The van der Waals surface area contributed by atoms with Gasteiger partial charge in [0.05, 0.1) is 17.6 Å². The number of nitrogens with zero attached hydrogens (tertiary/aromatic N) is 1. The number of rotatable bonds is 4. The summed E-state index contributed by atoms with van der Waals surface area (Å²) in [5.74, 6) is 0. The maximum absolute atomic E-state index is 10.5. The van der Waals surface area contributed by atoms with Gasteiger partial charge in [-0.3, -0.25) is 10.1 Å². The molecule has 1 aliphatic carbocycles. The lowest BCUT2D eigenvalue weighted by Gasteiger charge is -2.25. The van der Waals surface area contributed by atoms with Crippen LogP contribution in [0.25, 0.3) is 0 Å². The largest absolute Gasteiger partial charge is 0.393 e. The Hall–Kier alpha value is -1.62. The molecule has 16 heavy (non-hydrogen) atoms. The van der Waals surface area contributed by atoms with Crippen LogP contribution in [0, 0.1) is 10.1 Å². The van der Waals surface area contributed by atoms with E-state index in [0.717, 1.165) is 18.4 Å². The van der Waals surface area contributed by atoms with E-state index in [4.69, 9.17) is 10.5 Å². The molecule has 86 valence electrons. The minimum atomic E-state index is -0.480. The van der Waals surface area contributed by atoms with E-state index < -0.39 is 4.92 Å². The van der Waals surface area contributed by atoms with Gasteiger partial charge in [0.2, 0.25) is 0 Å². The van der Waals surface area contributed by atoms with Crippen LogP contribution in [0.2, 0.25) is 0 Å². The SMILES string of the molecule is Nc1cc(COC2CCC2)ccc1[N+](=O)[O-]. The zero-order chi connectivity index (χ0) is 11.5. The monoisotopic (exact) mass is 222 g/mol. The Kier molecular flexibility index (Phi) is 3.05. The number of nitrogen functional groups attached to an aromatic ring is 1. The lowest BCUT2D eigenvalue weighted by Crippen LogP contribution is -2.21. The molecule has 5 heteroatoms. The van der Waals surface area contributed by atoms with Gasteiger partial charge in [-0.2, -0.15) is 0 Å². The van der Waals surface area contributed by atoms with Gasteiger partial charge >= 0.3 is 0 Å².